The minimum Gasteiger partial charge on any atom is -0.409 e. The zero-order valence-corrected chi connectivity index (χ0v) is 10.5. The van der Waals surface area contributed by atoms with Gasteiger partial charge in [-0.15, -0.1) is 0 Å². The number of nitrogens with one attached hydrogen (secondary N) is 1. The molecule has 4 atom stereocenters. The van der Waals surface area contributed by atoms with Gasteiger partial charge < -0.3 is 16.3 Å². The molecule has 0 saturated heterocycles. The van der Waals surface area contributed by atoms with Crippen LogP contribution in [0.4, 0.5) is 0 Å². The zero-order chi connectivity index (χ0) is 12.7. The summed E-state index contributed by atoms with van der Waals surface area (Å²) < 4.78 is 0. The highest BCUT2D eigenvalue weighted by molar-refractivity contribution is 5.85. The number of fused-ring (bicyclic) bond motifs is 1. The molecular formula is C13H21N3O2. The fourth-order valence-corrected chi connectivity index (χ4v) is 3.79. The molecule has 3 aliphatic carbocycles. The van der Waals surface area contributed by atoms with E-state index in [0.29, 0.717) is 0 Å². The molecule has 3 fully saturated rings. The molecule has 0 heterocycles. The highest BCUT2D eigenvalue weighted by atomic mass is 16.4. The third-order valence-electron chi connectivity index (χ3n) is 4.95. The Kier molecular flexibility index (Phi) is 2.92. The molecule has 1 amide bonds. The van der Waals surface area contributed by atoms with Gasteiger partial charge in [0.25, 0.3) is 0 Å². The quantitative estimate of drug-likeness (QED) is 0.303. The van der Waals surface area contributed by atoms with Crippen molar-refractivity contribution in [2.75, 3.05) is 0 Å². The number of carbonyl (C=O) groups excluding carboxylic acids is 1. The van der Waals surface area contributed by atoms with Crippen molar-refractivity contribution in [3.63, 3.8) is 0 Å². The van der Waals surface area contributed by atoms with Crippen LogP contribution in [0.15, 0.2) is 5.16 Å². The minimum atomic E-state index is 0.00916. The lowest BCUT2D eigenvalue weighted by Crippen LogP contribution is -2.44. The number of hydrogen-bond donors (Lipinski definition) is 3. The molecule has 5 heteroatoms. The number of hydrogen-bond acceptors (Lipinski definition) is 3. The van der Waals surface area contributed by atoms with Crippen LogP contribution in [0, 0.1) is 23.7 Å². The number of amidine groups is 1. The Hall–Kier alpha value is -1.26. The predicted molar refractivity (Wildman–Crippen MR) is 67.0 cm³/mol. The monoisotopic (exact) mass is 251 g/mol. The number of carbonyl (C=O) groups is 1. The normalized spacial score (nSPS) is 42.7. The Morgan fingerprint density at radius 3 is 2.61 bits per heavy atom. The van der Waals surface area contributed by atoms with Crippen LogP contribution in [0.3, 0.4) is 0 Å². The zero-order valence-electron chi connectivity index (χ0n) is 10.5. The molecule has 100 valence electrons. The van der Waals surface area contributed by atoms with Gasteiger partial charge in [0.15, 0.2) is 0 Å². The number of rotatable bonds is 3. The Morgan fingerprint density at radius 1 is 1.22 bits per heavy atom. The minimum absolute atomic E-state index is 0.00916. The first-order chi connectivity index (χ1) is 8.69. The standard InChI is InChI=1S/C13H21N3O2/c14-12(16-18)10-2-1-3-11(10)15-13(17)9-5-7-4-8(7)6-9/h7-11,18H,1-6H2,(H2,14,16)(H,15,17). The maximum atomic E-state index is 12.2. The average Bonchev–Trinajstić information content (AvgIpc) is 2.81. The van der Waals surface area contributed by atoms with Gasteiger partial charge in [0, 0.05) is 17.9 Å². The Labute approximate surface area is 107 Å². The summed E-state index contributed by atoms with van der Waals surface area (Å²) >= 11 is 0. The van der Waals surface area contributed by atoms with E-state index in [1.807, 2.05) is 0 Å². The maximum absolute atomic E-state index is 12.2. The predicted octanol–water partition coefficient (Wildman–Crippen LogP) is 1.06. The van der Waals surface area contributed by atoms with Crippen molar-refractivity contribution in [1.29, 1.82) is 0 Å². The first kappa shape index (κ1) is 11.8. The first-order valence-electron chi connectivity index (χ1n) is 6.97. The Bertz CT molecular complexity index is 372. The molecule has 0 aromatic rings. The SMILES string of the molecule is NC(=NO)C1CCCC1NC(=O)C1CC2CC2C1. The highest BCUT2D eigenvalue weighted by Gasteiger charge is 2.48. The summed E-state index contributed by atoms with van der Waals surface area (Å²) in [5, 5.41) is 15.0. The van der Waals surface area contributed by atoms with Gasteiger partial charge in [-0.05, 0) is 43.9 Å². The largest absolute Gasteiger partial charge is 0.409 e. The van der Waals surface area contributed by atoms with Crippen LogP contribution < -0.4 is 11.1 Å². The van der Waals surface area contributed by atoms with E-state index in [-0.39, 0.29) is 29.6 Å². The van der Waals surface area contributed by atoms with Crippen LogP contribution in [0.2, 0.25) is 0 Å². The number of oxime groups is 1. The van der Waals surface area contributed by atoms with Gasteiger partial charge in [-0.25, -0.2) is 0 Å². The van der Waals surface area contributed by atoms with E-state index in [4.69, 9.17) is 10.9 Å². The molecule has 0 radical (unpaired) electrons. The highest BCUT2D eigenvalue weighted by Crippen LogP contribution is 2.54. The van der Waals surface area contributed by atoms with Gasteiger partial charge in [0.1, 0.15) is 5.84 Å². The molecule has 0 aromatic carbocycles. The number of nitrogens with zero attached hydrogens (tertiary/aromatic N) is 1. The van der Waals surface area contributed by atoms with E-state index in [0.717, 1.165) is 43.9 Å². The number of amides is 1. The smallest absolute Gasteiger partial charge is 0.223 e. The molecule has 4 N–H and O–H groups in total. The molecule has 0 bridgehead atoms. The van der Waals surface area contributed by atoms with Crippen molar-refractivity contribution in [3.05, 3.63) is 0 Å². The number of nitrogens with two attached hydrogens (primary N) is 1. The molecule has 3 rings (SSSR count). The summed E-state index contributed by atoms with van der Waals surface area (Å²) in [5.74, 6) is 2.31. The fraction of sp³-hybridized carbons (Fsp3) is 0.846. The van der Waals surface area contributed by atoms with E-state index in [1.54, 1.807) is 0 Å². The summed E-state index contributed by atoms with van der Waals surface area (Å²) in [6, 6.07) is 0.0605. The summed E-state index contributed by atoms with van der Waals surface area (Å²) in [5.41, 5.74) is 5.68. The molecular weight excluding hydrogens is 230 g/mol. The first-order valence-corrected chi connectivity index (χ1v) is 6.97. The van der Waals surface area contributed by atoms with Gasteiger partial charge in [-0.3, -0.25) is 4.79 Å². The lowest BCUT2D eigenvalue weighted by molar-refractivity contribution is -0.125. The summed E-state index contributed by atoms with van der Waals surface area (Å²) in [6.07, 6.45) is 6.33. The molecule has 18 heavy (non-hydrogen) atoms. The lowest BCUT2D eigenvalue weighted by Gasteiger charge is -2.22. The van der Waals surface area contributed by atoms with E-state index >= 15 is 0 Å². The van der Waals surface area contributed by atoms with Crippen LogP contribution in [0.5, 0.6) is 0 Å². The molecule has 3 saturated carbocycles. The van der Waals surface area contributed by atoms with Crippen molar-refractivity contribution in [3.8, 4) is 0 Å². The fourth-order valence-electron chi connectivity index (χ4n) is 3.79. The second-order valence-electron chi connectivity index (χ2n) is 6.10. The maximum Gasteiger partial charge on any atom is 0.223 e. The second-order valence-corrected chi connectivity index (χ2v) is 6.10. The molecule has 0 spiro atoms. The molecule has 5 nitrogen and oxygen atoms in total. The molecule has 0 aromatic heterocycles. The van der Waals surface area contributed by atoms with Crippen LogP contribution in [0.25, 0.3) is 0 Å². The van der Waals surface area contributed by atoms with Gasteiger partial charge in [0.2, 0.25) is 5.91 Å². The van der Waals surface area contributed by atoms with Crippen LogP contribution >= 0.6 is 0 Å². The average molecular weight is 251 g/mol. The topological polar surface area (TPSA) is 87.7 Å². The van der Waals surface area contributed by atoms with E-state index in [1.165, 1.54) is 6.42 Å². The van der Waals surface area contributed by atoms with Gasteiger partial charge in [-0.1, -0.05) is 11.6 Å². The van der Waals surface area contributed by atoms with Crippen molar-refractivity contribution in [2.24, 2.45) is 34.6 Å². The molecule has 4 unspecified atom stereocenters. The van der Waals surface area contributed by atoms with Crippen LogP contribution in [0.1, 0.15) is 38.5 Å². The van der Waals surface area contributed by atoms with Gasteiger partial charge in [0.05, 0.1) is 0 Å². The third kappa shape index (κ3) is 2.06. The van der Waals surface area contributed by atoms with Crippen molar-refractivity contribution < 1.29 is 10.0 Å². The molecule has 3 aliphatic rings. The van der Waals surface area contributed by atoms with E-state index in [9.17, 15) is 4.79 Å². The summed E-state index contributed by atoms with van der Waals surface area (Å²) in [7, 11) is 0. The van der Waals surface area contributed by atoms with Crippen molar-refractivity contribution >= 4 is 11.7 Å². The summed E-state index contributed by atoms with van der Waals surface area (Å²) in [4.78, 5) is 12.2. The summed E-state index contributed by atoms with van der Waals surface area (Å²) in [6.45, 7) is 0. The van der Waals surface area contributed by atoms with Crippen LogP contribution in [-0.2, 0) is 4.79 Å². The van der Waals surface area contributed by atoms with Gasteiger partial charge in [-0.2, -0.15) is 0 Å². The second kappa shape index (κ2) is 4.44. The van der Waals surface area contributed by atoms with Gasteiger partial charge >= 0.3 is 0 Å². The van der Waals surface area contributed by atoms with E-state index < -0.39 is 0 Å². The molecule has 0 aliphatic heterocycles. The van der Waals surface area contributed by atoms with Crippen LogP contribution in [-0.4, -0.2) is 23.0 Å². The third-order valence-corrected chi connectivity index (χ3v) is 4.95. The van der Waals surface area contributed by atoms with Crippen molar-refractivity contribution in [1.82, 2.24) is 5.32 Å². The van der Waals surface area contributed by atoms with Crippen molar-refractivity contribution in [2.45, 2.75) is 44.6 Å². The Morgan fingerprint density at radius 2 is 1.94 bits per heavy atom. The van der Waals surface area contributed by atoms with E-state index in [2.05, 4.69) is 10.5 Å². The Balaban J connectivity index is 1.56. The lowest BCUT2D eigenvalue weighted by atomic mass is 9.99.